The van der Waals surface area contributed by atoms with Gasteiger partial charge in [-0.3, -0.25) is 4.79 Å². The van der Waals surface area contributed by atoms with Crippen molar-refractivity contribution in [3.63, 3.8) is 0 Å². The van der Waals surface area contributed by atoms with Gasteiger partial charge < -0.3 is 10.1 Å². The first kappa shape index (κ1) is 17.1. The monoisotopic (exact) mass is 311 g/mol. The largest absolute Gasteiger partial charge is 0.480 e. The second-order valence-electron chi connectivity index (χ2n) is 5.86. The van der Waals surface area contributed by atoms with Gasteiger partial charge in [0, 0.05) is 6.54 Å². The van der Waals surface area contributed by atoms with Gasteiger partial charge in [-0.25, -0.2) is 0 Å². The molecule has 1 N–H and O–H groups in total. The maximum Gasteiger partial charge on any atom is 0.261 e. The van der Waals surface area contributed by atoms with Gasteiger partial charge in [-0.15, -0.1) is 0 Å². The first-order chi connectivity index (χ1) is 11.0. The first-order valence-electron chi connectivity index (χ1n) is 8.08. The van der Waals surface area contributed by atoms with Crippen molar-refractivity contribution in [3.05, 3.63) is 64.7 Å². The van der Waals surface area contributed by atoms with Gasteiger partial charge in [-0.05, 0) is 55.5 Å². The van der Waals surface area contributed by atoms with E-state index in [1.807, 2.05) is 70.2 Å². The van der Waals surface area contributed by atoms with Crippen molar-refractivity contribution in [2.45, 2.75) is 46.8 Å². The fraction of sp³-hybridized carbons (Fsp3) is 0.350. The maximum atomic E-state index is 12.4. The number of nitrogens with one attached hydrogen (secondary N) is 1. The molecule has 1 atom stereocenters. The smallest absolute Gasteiger partial charge is 0.261 e. The van der Waals surface area contributed by atoms with Crippen molar-refractivity contribution in [1.82, 2.24) is 5.32 Å². The second-order valence-corrected chi connectivity index (χ2v) is 5.86. The van der Waals surface area contributed by atoms with Gasteiger partial charge in [0.1, 0.15) is 5.75 Å². The lowest BCUT2D eigenvalue weighted by Gasteiger charge is -2.19. The van der Waals surface area contributed by atoms with Gasteiger partial charge in [0.15, 0.2) is 6.10 Å². The summed E-state index contributed by atoms with van der Waals surface area (Å²) in [4.78, 5) is 12.4. The quantitative estimate of drug-likeness (QED) is 0.872. The predicted octanol–water partition coefficient (Wildman–Crippen LogP) is 4.09. The van der Waals surface area contributed by atoms with Gasteiger partial charge in [-0.1, -0.05) is 43.3 Å². The second kappa shape index (κ2) is 7.82. The van der Waals surface area contributed by atoms with E-state index in [0.29, 0.717) is 13.0 Å². The Labute approximate surface area is 138 Å². The summed E-state index contributed by atoms with van der Waals surface area (Å²) in [6.45, 7) is 8.59. The predicted molar refractivity (Wildman–Crippen MR) is 93.6 cm³/mol. The molecule has 23 heavy (non-hydrogen) atoms. The Morgan fingerprint density at radius 2 is 1.74 bits per heavy atom. The molecule has 0 aromatic heterocycles. The molecule has 0 fully saturated rings. The molecule has 122 valence electrons. The van der Waals surface area contributed by atoms with Crippen LogP contribution in [0, 0.1) is 20.8 Å². The molecule has 0 spiro atoms. The molecule has 3 nitrogen and oxygen atoms in total. The molecule has 0 saturated carbocycles. The highest BCUT2D eigenvalue weighted by atomic mass is 16.5. The summed E-state index contributed by atoms with van der Waals surface area (Å²) in [5, 5.41) is 2.98. The number of aryl methyl sites for hydroxylation is 2. The third kappa shape index (κ3) is 4.35. The van der Waals surface area contributed by atoms with E-state index in [-0.39, 0.29) is 5.91 Å². The van der Waals surface area contributed by atoms with Crippen molar-refractivity contribution in [2.75, 3.05) is 0 Å². The molecule has 2 aromatic carbocycles. The van der Waals surface area contributed by atoms with Crippen LogP contribution in [-0.2, 0) is 11.3 Å². The van der Waals surface area contributed by atoms with E-state index < -0.39 is 6.10 Å². The van der Waals surface area contributed by atoms with Crippen LogP contribution in [0.15, 0.2) is 42.5 Å². The van der Waals surface area contributed by atoms with Gasteiger partial charge in [-0.2, -0.15) is 0 Å². The van der Waals surface area contributed by atoms with Crippen molar-refractivity contribution in [1.29, 1.82) is 0 Å². The SMILES string of the molecule is CC[C@@H](Oc1cccc(C)c1C)C(=O)NCc1ccccc1C. The third-order valence-corrected chi connectivity index (χ3v) is 4.20. The minimum absolute atomic E-state index is 0.0725. The molecule has 0 saturated heterocycles. The number of hydrogen-bond donors (Lipinski definition) is 1. The molecule has 0 aliphatic heterocycles. The Morgan fingerprint density at radius 3 is 2.43 bits per heavy atom. The molecule has 0 aliphatic carbocycles. The lowest BCUT2D eigenvalue weighted by atomic mass is 10.1. The van der Waals surface area contributed by atoms with E-state index in [9.17, 15) is 4.79 Å². The average molecular weight is 311 g/mol. The molecule has 2 aromatic rings. The summed E-state index contributed by atoms with van der Waals surface area (Å²) in [5.74, 6) is 0.708. The highest BCUT2D eigenvalue weighted by Crippen LogP contribution is 2.22. The summed E-state index contributed by atoms with van der Waals surface area (Å²) in [5.41, 5.74) is 4.55. The zero-order valence-electron chi connectivity index (χ0n) is 14.3. The van der Waals surface area contributed by atoms with Crippen LogP contribution >= 0.6 is 0 Å². The molecule has 0 aliphatic rings. The van der Waals surface area contributed by atoms with Crippen molar-refractivity contribution in [2.24, 2.45) is 0 Å². The van der Waals surface area contributed by atoms with Gasteiger partial charge in [0.05, 0.1) is 0 Å². The highest BCUT2D eigenvalue weighted by Gasteiger charge is 2.19. The van der Waals surface area contributed by atoms with Crippen LogP contribution in [0.1, 0.15) is 35.6 Å². The lowest BCUT2D eigenvalue weighted by Crippen LogP contribution is -2.37. The van der Waals surface area contributed by atoms with Crippen LogP contribution in [-0.4, -0.2) is 12.0 Å². The van der Waals surface area contributed by atoms with Crippen LogP contribution < -0.4 is 10.1 Å². The number of rotatable bonds is 6. The normalized spacial score (nSPS) is 11.8. The molecular formula is C20H25NO2. The molecule has 0 unspecified atom stereocenters. The summed E-state index contributed by atoms with van der Waals surface area (Å²) in [6, 6.07) is 14.0. The minimum Gasteiger partial charge on any atom is -0.480 e. The van der Waals surface area contributed by atoms with Gasteiger partial charge in [0.2, 0.25) is 0 Å². The van der Waals surface area contributed by atoms with Gasteiger partial charge in [0.25, 0.3) is 5.91 Å². The van der Waals surface area contributed by atoms with Crippen LogP contribution in [0.2, 0.25) is 0 Å². The Morgan fingerprint density at radius 1 is 1.04 bits per heavy atom. The minimum atomic E-state index is -0.473. The summed E-state index contributed by atoms with van der Waals surface area (Å²) >= 11 is 0. The Hall–Kier alpha value is -2.29. The van der Waals surface area contributed by atoms with E-state index in [4.69, 9.17) is 4.74 Å². The van der Waals surface area contributed by atoms with E-state index in [2.05, 4.69) is 5.32 Å². The van der Waals surface area contributed by atoms with Crippen LogP contribution in [0.25, 0.3) is 0 Å². The summed E-state index contributed by atoms with van der Waals surface area (Å²) in [6.07, 6.45) is 0.159. The Kier molecular flexibility index (Phi) is 5.80. The zero-order valence-corrected chi connectivity index (χ0v) is 14.3. The van der Waals surface area contributed by atoms with Crippen molar-refractivity contribution >= 4 is 5.91 Å². The number of carbonyl (C=O) groups is 1. The highest BCUT2D eigenvalue weighted by molar-refractivity contribution is 5.81. The topological polar surface area (TPSA) is 38.3 Å². The molecule has 0 heterocycles. The fourth-order valence-electron chi connectivity index (χ4n) is 2.43. The molecular weight excluding hydrogens is 286 g/mol. The van der Waals surface area contributed by atoms with Crippen LogP contribution in [0.5, 0.6) is 5.75 Å². The van der Waals surface area contributed by atoms with Crippen molar-refractivity contribution < 1.29 is 9.53 Å². The van der Waals surface area contributed by atoms with E-state index in [1.54, 1.807) is 0 Å². The zero-order chi connectivity index (χ0) is 16.8. The van der Waals surface area contributed by atoms with Crippen LogP contribution in [0.4, 0.5) is 0 Å². The molecule has 2 rings (SSSR count). The Bertz CT molecular complexity index is 679. The number of amides is 1. The van der Waals surface area contributed by atoms with Crippen molar-refractivity contribution in [3.8, 4) is 5.75 Å². The summed E-state index contributed by atoms with van der Waals surface area (Å²) in [7, 11) is 0. The third-order valence-electron chi connectivity index (χ3n) is 4.20. The standard InChI is InChI=1S/C20H25NO2/c1-5-18(23-19-12-8-10-14(2)16(19)4)20(22)21-13-17-11-7-6-9-15(17)3/h6-12,18H,5,13H2,1-4H3,(H,21,22)/t18-/m1/s1. The number of carbonyl (C=O) groups excluding carboxylic acids is 1. The summed E-state index contributed by atoms with van der Waals surface area (Å²) < 4.78 is 5.94. The van der Waals surface area contributed by atoms with E-state index in [1.165, 1.54) is 5.56 Å². The first-order valence-corrected chi connectivity index (χ1v) is 8.08. The lowest BCUT2D eigenvalue weighted by molar-refractivity contribution is -0.128. The number of ether oxygens (including phenoxy) is 1. The average Bonchev–Trinajstić information content (AvgIpc) is 2.55. The van der Waals surface area contributed by atoms with E-state index in [0.717, 1.165) is 22.4 Å². The molecule has 3 heteroatoms. The van der Waals surface area contributed by atoms with Gasteiger partial charge >= 0.3 is 0 Å². The number of hydrogen-bond acceptors (Lipinski definition) is 2. The molecule has 0 radical (unpaired) electrons. The Balaban J connectivity index is 2.01. The number of benzene rings is 2. The fourth-order valence-corrected chi connectivity index (χ4v) is 2.43. The molecule has 0 bridgehead atoms. The van der Waals surface area contributed by atoms with Crippen LogP contribution in [0.3, 0.4) is 0 Å². The van der Waals surface area contributed by atoms with E-state index >= 15 is 0 Å². The molecule has 1 amide bonds. The maximum absolute atomic E-state index is 12.4.